The van der Waals surface area contributed by atoms with Crippen LogP contribution in [0.15, 0.2) is 12.2 Å². The van der Waals surface area contributed by atoms with Crippen molar-refractivity contribution < 1.29 is 9.47 Å². The summed E-state index contributed by atoms with van der Waals surface area (Å²) in [5, 5.41) is 0.740. The van der Waals surface area contributed by atoms with E-state index in [-0.39, 0.29) is 12.4 Å². The van der Waals surface area contributed by atoms with E-state index in [1.165, 1.54) is 0 Å². The lowest BCUT2D eigenvalue weighted by Gasteiger charge is -2.22. The Hall–Kier alpha value is 0.140. The second kappa shape index (κ2) is 6.59. The van der Waals surface area contributed by atoms with Gasteiger partial charge < -0.3 is 9.47 Å². The van der Waals surface area contributed by atoms with Crippen molar-refractivity contribution in [1.82, 2.24) is 0 Å². The molecule has 0 aromatic heterocycles. The number of allylic oxidation sites excluding steroid dienone is 1. The van der Waals surface area contributed by atoms with Crippen molar-refractivity contribution >= 4 is 15.9 Å². The maximum Gasteiger partial charge on any atom is 0.167 e. The number of alkyl halides is 1. The second-order valence-electron chi connectivity index (χ2n) is 3.70. The van der Waals surface area contributed by atoms with Gasteiger partial charge in [0.25, 0.3) is 0 Å². The summed E-state index contributed by atoms with van der Waals surface area (Å²) in [4.78, 5) is 0. The van der Waals surface area contributed by atoms with Crippen LogP contribution in [0, 0.1) is 5.92 Å². The molecule has 0 saturated carbocycles. The van der Waals surface area contributed by atoms with Crippen LogP contribution in [0.25, 0.3) is 0 Å². The Bertz CT molecular complexity index is 182. The third-order valence-corrected chi connectivity index (χ3v) is 2.87. The van der Waals surface area contributed by atoms with Gasteiger partial charge in [0.15, 0.2) is 6.29 Å². The lowest BCUT2D eigenvalue weighted by molar-refractivity contribution is -0.152. The van der Waals surface area contributed by atoms with Gasteiger partial charge in [-0.15, -0.1) is 0 Å². The molecule has 2 nitrogen and oxygen atoms in total. The lowest BCUT2D eigenvalue weighted by Crippen LogP contribution is -2.27. The van der Waals surface area contributed by atoms with Crippen LogP contribution in [0.1, 0.15) is 26.7 Å². The molecule has 0 aliphatic heterocycles. The fourth-order valence-corrected chi connectivity index (χ4v) is 1.81. The highest BCUT2D eigenvalue weighted by atomic mass is 79.9. The highest BCUT2D eigenvalue weighted by Gasteiger charge is 2.22. The van der Waals surface area contributed by atoms with Gasteiger partial charge in [0.05, 0.1) is 11.4 Å². The number of halogens is 1. The zero-order valence-corrected chi connectivity index (χ0v) is 10.5. The van der Waals surface area contributed by atoms with Crippen molar-refractivity contribution in [3.8, 4) is 0 Å². The quantitative estimate of drug-likeness (QED) is 0.416. The third kappa shape index (κ3) is 3.71. The van der Waals surface area contributed by atoms with Gasteiger partial charge in [0, 0.05) is 6.61 Å². The number of rotatable bonds is 6. The summed E-state index contributed by atoms with van der Waals surface area (Å²) in [6, 6.07) is 0. The van der Waals surface area contributed by atoms with Crippen molar-refractivity contribution in [2.45, 2.75) is 39.1 Å². The first kappa shape index (κ1) is 12.2. The summed E-state index contributed by atoms with van der Waals surface area (Å²) in [6.45, 7) is 5.07. The molecule has 1 rings (SSSR count). The van der Waals surface area contributed by atoms with Gasteiger partial charge >= 0.3 is 0 Å². The van der Waals surface area contributed by atoms with Crippen LogP contribution in [0.2, 0.25) is 0 Å². The minimum Gasteiger partial charge on any atom is -0.352 e. The van der Waals surface area contributed by atoms with Crippen LogP contribution in [-0.4, -0.2) is 24.3 Å². The van der Waals surface area contributed by atoms with E-state index in [0.717, 1.165) is 24.8 Å². The average Bonchev–Trinajstić information content (AvgIpc) is 2.59. The molecule has 0 radical (unpaired) electrons. The van der Waals surface area contributed by atoms with Crippen LogP contribution in [0.5, 0.6) is 0 Å². The van der Waals surface area contributed by atoms with Gasteiger partial charge in [-0.2, -0.15) is 0 Å². The maximum absolute atomic E-state index is 5.82. The Balaban J connectivity index is 2.28. The van der Waals surface area contributed by atoms with Crippen molar-refractivity contribution in [1.29, 1.82) is 0 Å². The highest BCUT2D eigenvalue weighted by Crippen LogP contribution is 2.22. The lowest BCUT2D eigenvalue weighted by atomic mass is 10.1. The van der Waals surface area contributed by atoms with E-state index in [2.05, 4.69) is 41.9 Å². The molecular formula is C11H19BrO2. The minimum absolute atomic E-state index is 0.106. The Kier molecular flexibility index (Phi) is 5.75. The molecule has 1 aliphatic rings. The fraction of sp³-hybridized carbons (Fsp3) is 0.818. The molecule has 1 aliphatic carbocycles. The molecule has 82 valence electrons. The smallest absolute Gasteiger partial charge is 0.167 e. The minimum atomic E-state index is -0.106. The van der Waals surface area contributed by atoms with E-state index < -0.39 is 0 Å². The second-order valence-corrected chi connectivity index (χ2v) is 4.34. The molecule has 0 spiro atoms. The number of ether oxygens (including phenoxy) is 2. The Morgan fingerprint density at radius 1 is 1.57 bits per heavy atom. The van der Waals surface area contributed by atoms with Crippen LogP contribution in [-0.2, 0) is 9.47 Å². The average molecular weight is 263 g/mol. The largest absolute Gasteiger partial charge is 0.352 e. The predicted molar refractivity (Wildman–Crippen MR) is 61.6 cm³/mol. The van der Waals surface area contributed by atoms with Crippen molar-refractivity contribution in [3.05, 3.63) is 12.2 Å². The first-order chi connectivity index (χ1) is 6.77. The summed E-state index contributed by atoms with van der Waals surface area (Å²) in [6.07, 6.45) is 6.59. The normalized spacial score (nSPS) is 28.2. The van der Waals surface area contributed by atoms with Crippen molar-refractivity contribution in [3.63, 3.8) is 0 Å². The van der Waals surface area contributed by atoms with E-state index in [1.807, 2.05) is 0 Å². The molecule has 0 aromatic rings. The van der Waals surface area contributed by atoms with E-state index in [0.29, 0.717) is 5.92 Å². The molecule has 14 heavy (non-hydrogen) atoms. The van der Waals surface area contributed by atoms with Gasteiger partial charge in [0.2, 0.25) is 0 Å². The van der Waals surface area contributed by atoms with Crippen molar-refractivity contribution in [2.24, 2.45) is 5.92 Å². The van der Waals surface area contributed by atoms with E-state index in [4.69, 9.17) is 9.47 Å². The van der Waals surface area contributed by atoms with E-state index in [9.17, 15) is 0 Å². The summed E-state index contributed by atoms with van der Waals surface area (Å²) in [5.74, 6) is 0.585. The van der Waals surface area contributed by atoms with Gasteiger partial charge in [-0.05, 0) is 18.8 Å². The van der Waals surface area contributed by atoms with Gasteiger partial charge in [-0.25, -0.2) is 0 Å². The standard InChI is InChI=1S/C11H19BrO2/c1-3-7-13-11(8-12)14-10-6-4-5-9(10)2/h4,6,9-11H,3,5,7-8H2,1-2H3. The van der Waals surface area contributed by atoms with Gasteiger partial charge in [-0.3, -0.25) is 0 Å². The molecular weight excluding hydrogens is 244 g/mol. The Morgan fingerprint density at radius 2 is 2.36 bits per heavy atom. The molecule has 0 fully saturated rings. The van der Waals surface area contributed by atoms with Crippen LogP contribution in [0.4, 0.5) is 0 Å². The van der Waals surface area contributed by atoms with Gasteiger partial charge in [0.1, 0.15) is 0 Å². The zero-order chi connectivity index (χ0) is 10.4. The van der Waals surface area contributed by atoms with Crippen molar-refractivity contribution in [2.75, 3.05) is 11.9 Å². The van der Waals surface area contributed by atoms with E-state index >= 15 is 0 Å². The number of hydrogen-bond acceptors (Lipinski definition) is 2. The topological polar surface area (TPSA) is 18.5 Å². The van der Waals surface area contributed by atoms with Crippen LogP contribution in [0.3, 0.4) is 0 Å². The number of hydrogen-bond donors (Lipinski definition) is 0. The molecule has 3 heteroatoms. The molecule has 0 amide bonds. The maximum atomic E-state index is 5.82. The summed E-state index contributed by atoms with van der Waals surface area (Å²) < 4.78 is 11.4. The van der Waals surface area contributed by atoms with E-state index in [1.54, 1.807) is 0 Å². The Labute approximate surface area is 94.8 Å². The third-order valence-electron chi connectivity index (χ3n) is 2.34. The monoisotopic (exact) mass is 262 g/mol. The zero-order valence-electron chi connectivity index (χ0n) is 8.91. The van der Waals surface area contributed by atoms with Crippen LogP contribution < -0.4 is 0 Å². The fourth-order valence-electron chi connectivity index (χ4n) is 1.48. The summed E-state index contributed by atoms with van der Waals surface area (Å²) >= 11 is 3.40. The molecule has 3 unspecified atom stereocenters. The molecule has 0 aromatic carbocycles. The first-order valence-electron chi connectivity index (χ1n) is 5.27. The molecule has 0 heterocycles. The van der Waals surface area contributed by atoms with Crippen LogP contribution >= 0.6 is 15.9 Å². The SMILES string of the molecule is CCCOC(CBr)OC1C=CCC1C. The van der Waals surface area contributed by atoms with Gasteiger partial charge in [-0.1, -0.05) is 41.9 Å². The summed E-state index contributed by atoms with van der Waals surface area (Å²) in [5.41, 5.74) is 0. The summed E-state index contributed by atoms with van der Waals surface area (Å²) in [7, 11) is 0. The predicted octanol–water partition coefficient (Wildman–Crippen LogP) is 3.12. The first-order valence-corrected chi connectivity index (χ1v) is 6.39. The highest BCUT2D eigenvalue weighted by molar-refractivity contribution is 9.09. The molecule has 3 atom stereocenters. The molecule has 0 N–H and O–H groups in total. The molecule has 0 saturated heterocycles. The Morgan fingerprint density at radius 3 is 2.86 bits per heavy atom. The molecule has 0 bridgehead atoms.